The quantitative estimate of drug-likeness (QED) is 0.607. The van der Waals surface area contributed by atoms with Gasteiger partial charge >= 0.3 is 0 Å². The summed E-state index contributed by atoms with van der Waals surface area (Å²) in [5.41, 5.74) is 2.58. The van der Waals surface area contributed by atoms with Crippen molar-refractivity contribution < 1.29 is 10.2 Å². The minimum atomic E-state index is -0.629. The fraction of sp³-hybridized carbons (Fsp3) is 0.808. The maximum atomic E-state index is 11.6. The molecule has 0 saturated heterocycles. The van der Waals surface area contributed by atoms with Crippen molar-refractivity contribution in [3.63, 3.8) is 0 Å². The van der Waals surface area contributed by atoms with Crippen LogP contribution < -0.4 is 0 Å². The molecule has 166 valence electrons. The molecule has 1 unspecified atom stereocenters. The lowest BCUT2D eigenvalue weighted by atomic mass is 9.46. The summed E-state index contributed by atoms with van der Waals surface area (Å²) in [6.07, 6.45) is 16.8. The third-order valence-corrected chi connectivity index (χ3v) is 10.3. The maximum absolute atomic E-state index is 11.6. The van der Waals surface area contributed by atoms with E-state index in [0.29, 0.717) is 11.3 Å². The maximum Gasteiger partial charge on any atom is 0.0921 e. The number of nitrogens with one attached hydrogen (secondary N) is 1. The summed E-state index contributed by atoms with van der Waals surface area (Å²) in [5, 5.41) is 21.8. The molecule has 4 aliphatic rings. The van der Waals surface area contributed by atoms with Gasteiger partial charge in [0.2, 0.25) is 0 Å². The van der Waals surface area contributed by atoms with Crippen LogP contribution >= 0.6 is 0 Å². The summed E-state index contributed by atoms with van der Waals surface area (Å²) in [6.45, 7) is 7.09. The minimum absolute atomic E-state index is 0.129. The number of aromatic nitrogens is 2. The van der Waals surface area contributed by atoms with Crippen molar-refractivity contribution in [3.05, 3.63) is 29.9 Å². The molecule has 1 aromatic rings. The molecule has 3 saturated carbocycles. The van der Waals surface area contributed by atoms with E-state index in [1.807, 2.05) is 6.20 Å². The third kappa shape index (κ3) is 3.12. The molecule has 8 atom stereocenters. The van der Waals surface area contributed by atoms with E-state index < -0.39 is 5.60 Å². The highest BCUT2D eigenvalue weighted by molar-refractivity contribution is 5.25. The summed E-state index contributed by atoms with van der Waals surface area (Å²) < 4.78 is 0. The van der Waals surface area contributed by atoms with Crippen LogP contribution in [0.1, 0.15) is 84.3 Å². The van der Waals surface area contributed by atoms with Gasteiger partial charge in [0, 0.05) is 11.9 Å². The van der Waals surface area contributed by atoms with Gasteiger partial charge in [0.15, 0.2) is 0 Å². The second-order valence-electron chi connectivity index (χ2n) is 11.8. The van der Waals surface area contributed by atoms with Crippen molar-refractivity contribution >= 4 is 0 Å². The minimum Gasteiger partial charge on any atom is -0.393 e. The zero-order valence-corrected chi connectivity index (χ0v) is 19.0. The van der Waals surface area contributed by atoms with Crippen LogP contribution in [-0.4, -0.2) is 31.9 Å². The first-order valence-electron chi connectivity index (χ1n) is 12.3. The van der Waals surface area contributed by atoms with Crippen molar-refractivity contribution in [3.8, 4) is 0 Å². The number of nitrogens with zero attached hydrogens (tertiary/aromatic N) is 1. The molecule has 0 aromatic carbocycles. The number of hydrogen-bond acceptors (Lipinski definition) is 3. The fourth-order valence-corrected chi connectivity index (χ4v) is 8.65. The third-order valence-electron chi connectivity index (χ3n) is 10.3. The molecule has 1 heterocycles. The van der Waals surface area contributed by atoms with Crippen LogP contribution in [0.2, 0.25) is 0 Å². The Balaban J connectivity index is 1.36. The SMILES string of the molecule is CC(O)(CCc1cnc[nH]1)[C@H]1CC[C@H]2[C@@H]3CC=C4C[C@@H](O)CC[C@]4(C)[C@H]3CC[C@]12C. The number of imidazole rings is 1. The van der Waals surface area contributed by atoms with Gasteiger partial charge in [-0.2, -0.15) is 0 Å². The van der Waals surface area contributed by atoms with Crippen molar-refractivity contribution in [2.24, 2.45) is 34.5 Å². The van der Waals surface area contributed by atoms with Crippen LogP contribution in [-0.2, 0) is 6.42 Å². The van der Waals surface area contributed by atoms with E-state index in [2.05, 4.69) is 36.8 Å². The Morgan fingerprint density at radius 1 is 1.17 bits per heavy atom. The molecule has 0 spiro atoms. The van der Waals surface area contributed by atoms with E-state index in [0.717, 1.165) is 62.0 Å². The molecule has 0 aliphatic heterocycles. The number of H-pyrrole nitrogens is 1. The molecule has 1 aromatic heterocycles. The Bertz CT molecular complexity index is 800. The summed E-state index contributed by atoms with van der Waals surface area (Å²) in [6, 6.07) is 0. The van der Waals surface area contributed by atoms with Gasteiger partial charge in [-0.3, -0.25) is 0 Å². The lowest BCUT2D eigenvalue weighted by Crippen LogP contribution is -2.53. The Labute approximate surface area is 181 Å². The highest BCUT2D eigenvalue weighted by Gasteiger charge is 2.61. The van der Waals surface area contributed by atoms with Crippen LogP contribution in [0.15, 0.2) is 24.2 Å². The average molecular weight is 413 g/mol. The van der Waals surface area contributed by atoms with E-state index in [9.17, 15) is 10.2 Å². The van der Waals surface area contributed by atoms with Gasteiger partial charge in [-0.15, -0.1) is 0 Å². The van der Waals surface area contributed by atoms with Crippen LogP contribution in [0, 0.1) is 34.5 Å². The van der Waals surface area contributed by atoms with Crippen LogP contribution in [0.25, 0.3) is 0 Å². The first-order chi connectivity index (χ1) is 14.2. The standard InChI is InChI=1S/C26H40N2O2/c1-24-11-9-19(29)14-17(24)4-5-20-21-6-7-23(25(21,2)12-10-22(20)24)26(3,30)13-8-18-15-27-16-28-18/h4,15-16,19-23,29-30H,5-14H2,1-3H3,(H,27,28)/t19-,20-,21-,22-,23-,24-,25-,26?/m0/s1. The van der Waals surface area contributed by atoms with Gasteiger partial charge in [-0.25, -0.2) is 4.98 Å². The fourth-order valence-electron chi connectivity index (χ4n) is 8.65. The zero-order valence-electron chi connectivity index (χ0n) is 19.0. The Morgan fingerprint density at radius 2 is 2.00 bits per heavy atom. The van der Waals surface area contributed by atoms with E-state index in [1.54, 1.807) is 11.9 Å². The van der Waals surface area contributed by atoms with Gasteiger partial charge in [-0.1, -0.05) is 25.5 Å². The molecule has 3 fully saturated rings. The molecule has 4 nitrogen and oxygen atoms in total. The van der Waals surface area contributed by atoms with Crippen molar-refractivity contribution in [2.45, 2.75) is 96.7 Å². The van der Waals surface area contributed by atoms with Crippen molar-refractivity contribution in [1.29, 1.82) is 0 Å². The molecule has 0 radical (unpaired) electrons. The Kier molecular flexibility index (Phi) is 4.98. The predicted octanol–water partition coefficient (Wildman–Crippen LogP) is 5.03. The summed E-state index contributed by atoms with van der Waals surface area (Å²) in [4.78, 5) is 7.32. The van der Waals surface area contributed by atoms with Gasteiger partial charge < -0.3 is 15.2 Å². The van der Waals surface area contributed by atoms with Gasteiger partial charge in [0.1, 0.15) is 0 Å². The number of aliphatic hydroxyl groups excluding tert-OH is 1. The highest BCUT2D eigenvalue weighted by Crippen LogP contribution is 2.67. The van der Waals surface area contributed by atoms with Crippen LogP contribution in [0.5, 0.6) is 0 Å². The second-order valence-corrected chi connectivity index (χ2v) is 11.8. The Morgan fingerprint density at radius 3 is 2.77 bits per heavy atom. The van der Waals surface area contributed by atoms with Crippen LogP contribution in [0.3, 0.4) is 0 Å². The summed E-state index contributed by atoms with van der Waals surface area (Å²) >= 11 is 0. The van der Waals surface area contributed by atoms with E-state index in [4.69, 9.17) is 0 Å². The van der Waals surface area contributed by atoms with E-state index in [1.165, 1.54) is 25.7 Å². The first-order valence-corrected chi connectivity index (χ1v) is 12.3. The van der Waals surface area contributed by atoms with Crippen molar-refractivity contribution in [2.75, 3.05) is 0 Å². The number of aliphatic hydroxyl groups is 2. The highest BCUT2D eigenvalue weighted by atomic mass is 16.3. The van der Waals surface area contributed by atoms with Gasteiger partial charge in [0.05, 0.1) is 18.0 Å². The smallest absolute Gasteiger partial charge is 0.0921 e. The van der Waals surface area contributed by atoms with Gasteiger partial charge in [0.25, 0.3) is 0 Å². The number of allylic oxidation sites excluding steroid dienone is 1. The number of fused-ring (bicyclic) bond motifs is 5. The molecular weight excluding hydrogens is 372 g/mol. The molecule has 0 amide bonds. The lowest BCUT2D eigenvalue weighted by Gasteiger charge is -2.59. The number of rotatable bonds is 4. The van der Waals surface area contributed by atoms with E-state index >= 15 is 0 Å². The molecule has 3 N–H and O–H groups in total. The van der Waals surface area contributed by atoms with E-state index in [-0.39, 0.29) is 11.5 Å². The second kappa shape index (κ2) is 7.20. The zero-order chi connectivity index (χ0) is 21.1. The normalized spacial score (nSPS) is 45.1. The number of aryl methyl sites for hydroxylation is 1. The first kappa shape index (κ1) is 20.8. The molecule has 0 bridgehead atoms. The number of hydrogen-bond donors (Lipinski definition) is 3. The van der Waals surface area contributed by atoms with Crippen molar-refractivity contribution in [1.82, 2.24) is 9.97 Å². The summed E-state index contributed by atoms with van der Waals surface area (Å²) in [5.74, 6) is 2.62. The molecule has 30 heavy (non-hydrogen) atoms. The molecule has 4 heteroatoms. The molecule has 4 aliphatic carbocycles. The topological polar surface area (TPSA) is 69.1 Å². The molecular formula is C26H40N2O2. The van der Waals surface area contributed by atoms with Gasteiger partial charge in [-0.05, 0) is 106 Å². The largest absolute Gasteiger partial charge is 0.393 e. The predicted molar refractivity (Wildman–Crippen MR) is 119 cm³/mol. The molecule has 5 rings (SSSR count). The number of aromatic amines is 1. The Hall–Kier alpha value is -1.13. The lowest BCUT2D eigenvalue weighted by molar-refractivity contribution is -0.104. The average Bonchev–Trinajstić information content (AvgIpc) is 3.34. The monoisotopic (exact) mass is 412 g/mol. The van der Waals surface area contributed by atoms with Crippen LogP contribution in [0.4, 0.5) is 0 Å². The summed E-state index contributed by atoms with van der Waals surface area (Å²) in [7, 11) is 0.